The highest BCUT2D eigenvalue weighted by Gasteiger charge is 2.36. The maximum Gasteiger partial charge on any atom is 0.416 e. The quantitative estimate of drug-likeness (QED) is 0.884. The van der Waals surface area contributed by atoms with Gasteiger partial charge in [-0.25, -0.2) is 0 Å². The second-order valence-electron chi connectivity index (χ2n) is 3.36. The number of benzene rings is 1. The van der Waals surface area contributed by atoms with Crippen molar-refractivity contribution in [3.63, 3.8) is 0 Å². The Morgan fingerprint density at radius 3 is 2.47 bits per heavy atom. The predicted octanol–water partition coefficient (Wildman–Crippen LogP) is 2.49. The van der Waals surface area contributed by atoms with Crippen molar-refractivity contribution in [1.82, 2.24) is 0 Å². The molecule has 3 nitrogen and oxygen atoms in total. The number of aliphatic carboxylic acids is 1. The zero-order valence-electron chi connectivity index (χ0n) is 8.46. The van der Waals surface area contributed by atoms with Gasteiger partial charge in [0.1, 0.15) is 0 Å². The maximum atomic E-state index is 12.7. The molecular formula is C10H9ClF3NO2. The van der Waals surface area contributed by atoms with Crippen LogP contribution >= 0.6 is 11.6 Å². The largest absolute Gasteiger partial charge is 0.481 e. The standard InChI is InChI=1S/C10H9ClF3NO2/c11-5-1-2-6(7(4-15)9(16)17)8(3-5)10(12,13)14/h1-3,7H,4,15H2,(H,16,17). The van der Waals surface area contributed by atoms with E-state index in [0.29, 0.717) is 6.07 Å². The van der Waals surface area contributed by atoms with Crippen LogP contribution < -0.4 is 5.73 Å². The van der Waals surface area contributed by atoms with Crippen LogP contribution in [-0.2, 0) is 11.0 Å². The summed E-state index contributed by atoms with van der Waals surface area (Å²) < 4.78 is 38.1. The van der Waals surface area contributed by atoms with Gasteiger partial charge in [-0.05, 0) is 17.7 Å². The van der Waals surface area contributed by atoms with Crippen LogP contribution in [0.1, 0.15) is 17.0 Å². The summed E-state index contributed by atoms with van der Waals surface area (Å²) in [4.78, 5) is 10.8. The summed E-state index contributed by atoms with van der Waals surface area (Å²) in [6.45, 7) is -0.417. The zero-order chi connectivity index (χ0) is 13.2. The van der Waals surface area contributed by atoms with Gasteiger partial charge in [0, 0.05) is 11.6 Å². The lowest BCUT2D eigenvalue weighted by Crippen LogP contribution is -2.24. The SMILES string of the molecule is NCC(C(=O)O)c1ccc(Cl)cc1C(F)(F)F. The molecule has 0 aliphatic heterocycles. The van der Waals surface area contributed by atoms with Gasteiger partial charge in [-0.1, -0.05) is 17.7 Å². The molecule has 94 valence electrons. The van der Waals surface area contributed by atoms with E-state index >= 15 is 0 Å². The minimum atomic E-state index is -4.66. The first-order valence-corrected chi connectivity index (χ1v) is 4.94. The van der Waals surface area contributed by atoms with Crippen LogP contribution in [0.25, 0.3) is 0 Å². The summed E-state index contributed by atoms with van der Waals surface area (Å²) >= 11 is 5.47. The smallest absolute Gasteiger partial charge is 0.416 e. The fourth-order valence-corrected chi connectivity index (χ4v) is 1.61. The Kier molecular flexibility index (Phi) is 4.00. The fourth-order valence-electron chi connectivity index (χ4n) is 1.44. The number of halogens is 4. The summed E-state index contributed by atoms with van der Waals surface area (Å²) in [6.07, 6.45) is -4.66. The average Bonchev–Trinajstić information content (AvgIpc) is 2.19. The molecule has 0 aliphatic carbocycles. The van der Waals surface area contributed by atoms with Crippen LogP contribution in [0.5, 0.6) is 0 Å². The van der Waals surface area contributed by atoms with Crippen LogP contribution in [0.2, 0.25) is 5.02 Å². The number of nitrogens with two attached hydrogens (primary N) is 1. The van der Waals surface area contributed by atoms with E-state index < -0.39 is 30.2 Å². The van der Waals surface area contributed by atoms with E-state index in [2.05, 4.69) is 0 Å². The fraction of sp³-hybridized carbons (Fsp3) is 0.300. The Balaban J connectivity index is 3.37. The minimum absolute atomic E-state index is 0.109. The van der Waals surface area contributed by atoms with Gasteiger partial charge < -0.3 is 10.8 Å². The van der Waals surface area contributed by atoms with Gasteiger partial charge in [-0.15, -0.1) is 0 Å². The van der Waals surface area contributed by atoms with Gasteiger partial charge in [0.2, 0.25) is 0 Å². The first-order chi connectivity index (χ1) is 7.77. The third-order valence-corrected chi connectivity index (χ3v) is 2.47. The van der Waals surface area contributed by atoms with Crippen LogP contribution in [0, 0.1) is 0 Å². The summed E-state index contributed by atoms with van der Waals surface area (Å²) in [6, 6.07) is 2.94. The van der Waals surface area contributed by atoms with Crippen LogP contribution in [0.15, 0.2) is 18.2 Å². The molecule has 1 rings (SSSR count). The molecule has 0 saturated carbocycles. The van der Waals surface area contributed by atoms with Crippen molar-refractivity contribution < 1.29 is 23.1 Å². The molecule has 0 spiro atoms. The highest BCUT2D eigenvalue weighted by Crippen LogP contribution is 2.36. The van der Waals surface area contributed by atoms with E-state index in [0.717, 1.165) is 6.07 Å². The van der Waals surface area contributed by atoms with Gasteiger partial charge in [0.15, 0.2) is 0 Å². The molecule has 1 aromatic rings. The predicted molar refractivity (Wildman–Crippen MR) is 55.9 cm³/mol. The van der Waals surface area contributed by atoms with Crippen molar-refractivity contribution >= 4 is 17.6 Å². The van der Waals surface area contributed by atoms with Crippen molar-refractivity contribution in [2.45, 2.75) is 12.1 Å². The van der Waals surface area contributed by atoms with Gasteiger partial charge in [-0.3, -0.25) is 4.79 Å². The first kappa shape index (κ1) is 13.8. The number of rotatable bonds is 3. The molecule has 0 radical (unpaired) electrons. The Bertz CT molecular complexity index is 434. The Morgan fingerprint density at radius 1 is 1.47 bits per heavy atom. The lowest BCUT2D eigenvalue weighted by Gasteiger charge is -2.17. The number of carbonyl (C=O) groups is 1. The van der Waals surface area contributed by atoms with E-state index in [1.807, 2.05) is 0 Å². The van der Waals surface area contributed by atoms with Crippen LogP contribution in [0.3, 0.4) is 0 Å². The van der Waals surface area contributed by atoms with E-state index in [9.17, 15) is 18.0 Å². The third kappa shape index (κ3) is 3.10. The molecule has 7 heteroatoms. The minimum Gasteiger partial charge on any atom is -0.481 e. The summed E-state index contributed by atoms with van der Waals surface area (Å²) in [5.41, 5.74) is 3.73. The second kappa shape index (κ2) is 4.93. The van der Waals surface area contributed by atoms with Crippen molar-refractivity contribution in [3.8, 4) is 0 Å². The van der Waals surface area contributed by atoms with Crippen LogP contribution in [-0.4, -0.2) is 17.6 Å². The molecule has 1 atom stereocenters. The molecule has 1 aromatic carbocycles. The summed E-state index contributed by atoms with van der Waals surface area (Å²) in [7, 11) is 0. The van der Waals surface area contributed by atoms with E-state index in [1.165, 1.54) is 6.07 Å². The molecule has 0 amide bonds. The van der Waals surface area contributed by atoms with E-state index in [-0.39, 0.29) is 10.6 Å². The Morgan fingerprint density at radius 2 is 2.06 bits per heavy atom. The first-order valence-electron chi connectivity index (χ1n) is 4.57. The topological polar surface area (TPSA) is 63.3 Å². The van der Waals surface area contributed by atoms with Crippen molar-refractivity contribution in [2.75, 3.05) is 6.54 Å². The number of carboxylic acid groups (broad SMARTS) is 1. The molecule has 17 heavy (non-hydrogen) atoms. The zero-order valence-corrected chi connectivity index (χ0v) is 9.22. The van der Waals surface area contributed by atoms with Crippen LogP contribution in [0.4, 0.5) is 13.2 Å². The normalized spacial score (nSPS) is 13.5. The molecule has 1 unspecified atom stereocenters. The number of hydrogen-bond donors (Lipinski definition) is 2. The lowest BCUT2D eigenvalue weighted by molar-refractivity contribution is -0.141. The average molecular weight is 268 g/mol. The molecule has 3 N–H and O–H groups in total. The molecule has 0 aliphatic rings. The summed E-state index contributed by atoms with van der Waals surface area (Å²) in [5, 5.41) is 8.70. The highest BCUT2D eigenvalue weighted by atomic mass is 35.5. The monoisotopic (exact) mass is 267 g/mol. The lowest BCUT2D eigenvalue weighted by atomic mass is 9.94. The van der Waals surface area contributed by atoms with Crippen molar-refractivity contribution in [3.05, 3.63) is 34.3 Å². The second-order valence-corrected chi connectivity index (χ2v) is 3.79. The highest BCUT2D eigenvalue weighted by molar-refractivity contribution is 6.30. The van der Waals surface area contributed by atoms with Gasteiger partial charge in [0.25, 0.3) is 0 Å². The molecular weight excluding hydrogens is 259 g/mol. The van der Waals surface area contributed by atoms with E-state index in [4.69, 9.17) is 22.4 Å². The van der Waals surface area contributed by atoms with Gasteiger partial charge >= 0.3 is 12.1 Å². The maximum absolute atomic E-state index is 12.7. The molecule has 0 aromatic heterocycles. The molecule has 0 saturated heterocycles. The van der Waals surface area contributed by atoms with Gasteiger partial charge in [-0.2, -0.15) is 13.2 Å². The number of carboxylic acids is 1. The van der Waals surface area contributed by atoms with Crippen molar-refractivity contribution in [2.24, 2.45) is 5.73 Å². The third-order valence-electron chi connectivity index (χ3n) is 2.23. The number of alkyl halides is 3. The summed E-state index contributed by atoms with van der Waals surface area (Å²) in [5.74, 6) is -2.80. The molecule has 0 fully saturated rings. The molecule has 0 bridgehead atoms. The van der Waals surface area contributed by atoms with Crippen molar-refractivity contribution in [1.29, 1.82) is 0 Å². The van der Waals surface area contributed by atoms with Gasteiger partial charge in [0.05, 0.1) is 11.5 Å². The number of hydrogen-bond acceptors (Lipinski definition) is 2. The van der Waals surface area contributed by atoms with E-state index in [1.54, 1.807) is 0 Å². The Hall–Kier alpha value is -1.27. The Labute approximate surface area is 100.0 Å². The molecule has 0 heterocycles.